The molecule has 22 heavy (non-hydrogen) atoms. The molecular formula is C16H13ClN2O2S. The Kier molecular flexibility index (Phi) is 4.36. The van der Waals surface area contributed by atoms with Crippen molar-refractivity contribution >= 4 is 40.1 Å². The Balaban J connectivity index is 1.73. The van der Waals surface area contributed by atoms with Gasteiger partial charge in [0, 0.05) is 5.02 Å². The molecule has 0 saturated carbocycles. The first-order chi connectivity index (χ1) is 10.6. The van der Waals surface area contributed by atoms with E-state index >= 15 is 0 Å². The molecule has 0 aliphatic carbocycles. The van der Waals surface area contributed by atoms with Crippen LogP contribution in [0.15, 0.2) is 53.5 Å². The van der Waals surface area contributed by atoms with Crippen molar-refractivity contribution in [2.45, 2.75) is 11.7 Å². The van der Waals surface area contributed by atoms with Gasteiger partial charge in [0.25, 0.3) is 0 Å². The van der Waals surface area contributed by atoms with Gasteiger partial charge in [0.15, 0.2) is 5.17 Å². The summed E-state index contributed by atoms with van der Waals surface area (Å²) in [6.45, 7) is 0. The van der Waals surface area contributed by atoms with Crippen LogP contribution >= 0.6 is 23.4 Å². The number of nitrogens with zero attached hydrogens (tertiary/aromatic N) is 1. The highest BCUT2D eigenvalue weighted by Gasteiger charge is 2.30. The van der Waals surface area contributed by atoms with Crippen LogP contribution in [-0.4, -0.2) is 21.4 Å². The van der Waals surface area contributed by atoms with Crippen molar-refractivity contribution in [2.24, 2.45) is 4.99 Å². The number of thioether (sulfide) groups is 1. The largest absolute Gasteiger partial charge is 0.508 e. The lowest BCUT2D eigenvalue weighted by atomic mass is 10.1. The summed E-state index contributed by atoms with van der Waals surface area (Å²) in [5.74, 6) is 0.117. The Labute approximate surface area is 137 Å². The number of hydrogen-bond donors (Lipinski definition) is 2. The van der Waals surface area contributed by atoms with Gasteiger partial charge < -0.3 is 10.4 Å². The second kappa shape index (κ2) is 6.42. The summed E-state index contributed by atoms with van der Waals surface area (Å²) >= 11 is 7.53. The molecule has 0 radical (unpaired) electrons. The Morgan fingerprint density at radius 2 is 1.91 bits per heavy atom. The molecule has 1 saturated heterocycles. The fraction of sp³-hybridized carbons (Fsp3) is 0.125. The quantitative estimate of drug-likeness (QED) is 0.904. The molecule has 1 fully saturated rings. The monoisotopic (exact) mass is 332 g/mol. The van der Waals surface area contributed by atoms with E-state index in [4.69, 9.17) is 11.6 Å². The number of amidine groups is 1. The second-order valence-corrected chi connectivity index (χ2v) is 6.42. The fourth-order valence-electron chi connectivity index (χ4n) is 2.10. The molecule has 6 heteroatoms. The third-order valence-corrected chi connectivity index (χ3v) is 4.67. The number of rotatable bonds is 3. The molecule has 0 bridgehead atoms. The van der Waals surface area contributed by atoms with Gasteiger partial charge in [-0.2, -0.15) is 0 Å². The molecule has 112 valence electrons. The third-order valence-electron chi connectivity index (χ3n) is 3.22. The van der Waals surface area contributed by atoms with Crippen LogP contribution in [-0.2, 0) is 11.2 Å². The van der Waals surface area contributed by atoms with Gasteiger partial charge in [-0.05, 0) is 42.3 Å². The Morgan fingerprint density at radius 1 is 1.18 bits per heavy atom. The average molecular weight is 333 g/mol. The zero-order valence-electron chi connectivity index (χ0n) is 11.5. The zero-order chi connectivity index (χ0) is 15.5. The highest BCUT2D eigenvalue weighted by molar-refractivity contribution is 8.15. The molecule has 1 amide bonds. The third kappa shape index (κ3) is 3.43. The Morgan fingerprint density at radius 3 is 2.64 bits per heavy atom. The number of halogens is 1. The number of nitrogens with one attached hydrogen (secondary N) is 1. The van der Waals surface area contributed by atoms with Crippen molar-refractivity contribution in [1.29, 1.82) is 0 Å². The predicted octanol–water partition coefficient (Wildman–Crippen LogP) is 3.51. The van der Waals surface area contributed by atoms with Gasteiger partial charge in [-0.1, -0.05) is 41.6 Å². The molecule has 1 atom stereocenters. The van der Waals surface area contributed by atoms with Crippen molar-refractivity contribution in [3.63, 3.8) is 0 Å². The molecule has 0 spiro atoms. The van der Waals surface area contributed by atoms with Crippen LogP contribution in [0.25, 0.3) is 0 Å². The maximum Gasteiger partial charge on any atom is 0.239 e. The number of benzene rings is 2. The van der Waals surface area contributed by atoms with Crippen LogP contribution < -0.4 is 5.32 Å². The summed E-state index contributed by atoms with van der Waals surface area (Å²) in [6.07, 6.45) is 0.560. The zero-order valence-corrected chi connectivity index (χ0v) is 13.1. The number of carbonyl (C=O) groups excluding carboxylic acids is 1. The van der Waals surface area contributed by atoms with E-state index in [1.165, 1.54) is 11.8 Å². The molecule has 2 N–H and O–H groups in total. The van der Waals surface area contributed by atoms with E-state index in [0.29, 0.717) is 22.3 Å². The van der Waals surface area contributed by atoms with Crippen molar-refractivity contribution in [2.75, 3.05) is 0 Å². The smallest absolute Gasteiger partial charge is 0.239 e. The van der Waals surface area contributed by atoms with Gasteiger partial charge in [0.1, 0.15) is 5.75 Å². The van der Waals surface area contributed by atoms with E-state index in [1.54, 1.807) is 24.3 Å². The molecule has 1 aliphatic rings. The summed E-state index contributed by atoms with van der Waals surface area (Å²) in [4.78, 5) is 16.4. The first-order valence-electron chi connectivity index (χ1n) is 6.70. The molecule has 4 nitrogen and oxygen atoms in total. The number of carbonyl (C=O) groups is 1. The van der Waals surface area contributed by atoms with Gasteiger partial charge in [-0.3, -0.25) is 4.79 Å². The van der Waals surface area contributed by atoms with Gasteiger partial charge in [0.05, 0.1) is 10.9 Å². The topological polar surface area (TPSA) is 61.7 Å². The van der Waals surface area contributed by atoms with E-state index in [0.717, 1.165) is 5.56 Å². The SMILES string of the molecule is O=C1NC(=Nc2ccc(O)cc2)SC1Cc1ccccc1Cl. The molecule has 1 aliphatic heterocycles. The normalized spacial score (nSPS) is 19.4. The van der Waals surface area contributed by atoms with Crippen molar-refractivity contribution < 1.29 is 9.90 Å². The van der Waals surface area contributed by atoms with Crippen molar-refractivity contribution in [3.8, 4) is 5.75 Å². The van der Waals surface area contributed by atoms with Crippen LogP contribution in [0, 0.1) is 0 Å². The van der Waals surface area contributed by atoms with E-state index in [2.05, 4.69) is 10.3 Å². The number of phenols is 1. The molecule has 2 aromatic rings. The van der Waals surface area contributed by atoms with E-state index in [1.807, 2.05) is 24.3 Å². The summed E-state index contributed by atoms with van der Waals surface area (Å²) in [5.41, 5.74) is 1.63. The van der Waals surface area contributed by atoms with Gasteiger partial charge in [-0.15, -0.1) is 0 Å². The van der Waals surface area contributed by atoms with Gasteiger partial charge in [0.2, 0.25) is 5.91 Å². The average Bonchev–Trinajstić information content (AvgIpc) is 2.84. The number of aromatic hydroxyl groups is 1. The standard InChI is InChI=1S/C16H13ClN2O2S/c17-13-4-2-1-3-10(13)9-14-15(21)19-16(22-14)18-11-5-7-12(20)8-6-11/h1-8,14,20H,9H2,(H,18,19,21). The Bertz CT molecular complexity index is 731. The van der Waals surface area contributed by atoms with E-state index in [-0.39, 0.29) is 16.9 Å². The van der Waals surface area contributed by atoms with Crippen LogP contribution in [0.2, 0.25) is 5.02 Å². The van der Waals surface area contributed by atoms with E-state index in [9.17, 15) is 9.90 Å². The molecule has 0 aromatic heterocycles. The second-order valence-electron chi connectivity index (χ2n) is 4.82. The minimum Gasteiger partial charge on any atom is -0.508 e. The maximum absolute atomic E-state index is 12.0. The first kappa shape index (κ1) is 14.9. The number of amides is 1. The molecule has 1 unspecified atom stereocenters. The molecule has 2 aromatic carbocycles. The molecule has 3 rings (SSSR count). The van der Waals surface area contributed by atoms with Crippen LogP contribution in [0.5, 0.6) is 5.75 Å². The molecule has 1 heterocycles. The Hall–Kier alpha value is -1.98. The predicted molar refractivity (Wildman–Crippen MR) is 89.9 cm³/mol. The summed E-state index contributed by atoms with van der Waals surface area (Å²) < 4.78 is 0. The van der Waals surface area contributed by atoms with Crippen molar-refractivity contribution in [1.82, 2.24) is 5.32 Å². The van der Waals surface area contributed by atoms with E-state index < -0.39 is 0 Å². The van der Waals surface area contributed by atoms with Crippen LogP contribution in [0.4, 0.5) is 5.69 Å². The molecular weight excluding hydrogens is 320 g/mol. The minimum atomic E-state index is -0.240. The maximum atomic E-state index is 12.0. The lowest BCUT2D eigenvalue weighted by molar-refractivity contribution is -0.118. The van der Waals surface area contributed by atoms with Crippen LogP contribution in [0.3, 0.4) is 0 Å². The van der Waals surface area contributed by atoms with Gasteiger partial charge >= 0.3 is 0 Å². The van der Waals surface area contributed by atoms with Crippen LogP contribution in [0.1, 0.15) is 5.56 Å². The number of hydrogen-bond acceptors (Lipinski definition) is 4. The minimum absolute atomic E-state index is 0.0672. The summed E-state index contributed by atoms with van der Waals surface area (Å²) in [5, 5.41) is 13.0. The summed E-state index contributed by atoms with van der Waals surface area (Å²) in [6, 6.07) is 14.0. The van der Waals surface area contributed by atoms with Crippen molar-refractivity contribution in [3.05, 3.63) is 59.1 Å². The lowest BCUT2D eigenvalue weighted by Crippen LogP contribution is -2.26. The number of aliphatic imine (C=N–C) groups is 1. The van der Waals surface area contributed by atoms with Gasteiger partial charge in [-0.25, -0.2) is 4.99 Å². The highest BCUT2D eigenvalue weighted by Crippen LogP contribution is 2.28. The number of phenolic OH excluding ortho intramolecular Hbond substituents is 1. The summed E-state index contributed by atoms with van der Waals surface area (Å²) in [7, 11) is 0. The highest BCUT2D eigenvalue weighted by atomic mass is 35.5. The lowest BCUT2D eigenvalue weighted by Gasteiger charge is -2.06. The fourth-order valence-corrected chi connectivity index (χ4v) is 3.33. The first-order valence-corrected chi connectivity index (χ1v) is 7.96.